The van der Waals surface area contributed by atoms with Crippen molar-refractivity contribution in [1.29, 1.82) is 0 Å². The number of nitrogens with zero attached hydrogens (tertiary/aromatic N) is 3. The highest BCUT2D eigenvalue weighted by atomic mass is 32.2. The first-order valence-electron chi connectivity index (χ1n) is 9.26. The van der Waals surface area contributed by atoms with Crippen LogP contribution in [0.2, 0.25) is 0 Å². The van der Waals surface area contributed by atoms with Gasteiger partial charge in [-0.25, -0.2) is 18.4 Å². The molecule has 2 aromatic heterocycles. The molecule has 0 aliphatic heterocycles. The van der Waals surface area contributed by atoms with E-state index in [0.29, 0.717) is 11.5 Å². The summed E-state index contributed by atoms with van der Waals surface area (Å²) in [5.74, 6) is 0.617. The van der Waals surface area contributed by atoms with E-state index in [4.69, 9.17) is 0 Å². The standard InChI is InChI=1S/C22H22N4O2S/c1-22(2,3)17-7-11-19(12-8-17)29(27,28)25-18-9-5-16(6-10-18)20-15-26-14-4-13-23-21(26)24-20/h4-15,25H,1-3H3. The molecule has 2 heterocycles. The Morgan fingerprint density at radius 3 is 2.28 bits per heavy atom. The van der Waals surface area contributed by atoms with Gasteiger partial charge in [0.25, 0.3) is 10.0 Å². The average Bonchev–Trinajstić information content (AvgIpc) is 3.12. The lowest BCUT2D eigenvalue weighted by atomic mass is 9.87. The summed E-state index contributed by atoms with van der Waals surface area (Å²) in [6, 6.07) is 16.0. The third kappa shape index (κ3) is 4.00. The SMILES string of the molecule is CC(C)(C)c1ccc(S(=O)(=O)Nc2ccc(-c3cn4cccnc4n3)cc2)cc1. The zero-order valence-corrected chi connectivity index (χ0v) is 17.3. The van der Waals surface area contributed by atoms with Crippen LogP contribution in [0, 0.1) is 0 Å². The van der Waals surface area contributed by atoms with Crippen LogP contribution < -0.4 is 4.72 Å². The number of sulfonamides is 1. The van der Waals surface area contributed by atoms with Gasteiger partial charge in [-0.1, -0.05) is 45.0 Å². The third-order valence-corrected chi connectivity index (χ3v) is 6.10. The summed E-state index contributed by atoms with van der Waals surface area (Å²) in [4.78, 5) is 8.92. The second kappa shape index (κ2) is 7.00. The number of benzene rings is 2. The van der Waals surface area contributed by atoms with Crippen molar-refractivity contribution in [3.63, 3.8) is 0 Å². The van der Waals surface area contributed by atoms with E-state index in [1.165, 1.54) is 0 Å². The molecule has 148 valence electrons. The number of aromatic nitrogens is 3. The maximum Gasteiger partial charge on any atom is 0.261 e. The molecule has 0 unspecified atom stereocenters. The first kappa shape index (κ1) is 19.1. The Morgan fingerprint density at radius 2 is 1.66 bits per heavy atom. The minimum absolute atomic E-state index is 0.0288. The second-order valence-electron chi connectivity index (χ2n) is 7.91. The fraction of sp³-hybridized carbons (Fsp3) is 0.182. The molecule has 0 saturated carbocycles. The van der Waals surface area contributed by atoms with Crippen LogP contribution in [0.5, 0.6) is 0 Å². The van der Waals surface area contributed by atoms with Crippen LogP contribution in [0.3, 0.4) is 0 Å². The highest BCUT2D eigenvalue weighted by Gasteiger charge is 2.18. The van der Waals surface area contributed by atoms with Gasteiger partial charge < -0.3 is 0 Å². The zero-order valence-electron chi connectivity index (χ0n) is 16.5. The highest BCUT2D eigenvalue weighted by molar-refractivity contribution is 7.92. The number of nitrogens with one attached hydrogen (secondary N) is 1. The van der Waals surface area contributed by atoms with Crippen molar-refractivity contribution >= 4 is 21.5 Å². The summed E-state index contributed by atoms with van der Waals surface area (Å²) >= 11 is 0. The van der Waals surface area contributed by atoms with Crippen molar-refractivity contribution in [3.8, 4) is 11.3 Å². The molecule has 29 heavy (non-hydrogen) atoms. The molecule has 2 aromatic carbocycles. The number of hydrogen-bond donors (Lipinski definition) is 1. The lowest BCUT2D eigenvalue weighted by Gasteiger charge is -2.19. The van der Waals surface area contributed by atoms with Crippen LogP contribution in [-0.4, -0.2) is 22.8 Å². The van der Waals surface area contributed by atoms with Crippen molar-refractivity contribution in [3.05, 3.63) is 78.8 Å². The molecule has 7 heteroatoms. The zero-order chi connectivity index (χ0) is 20.6. The van der Waals surface area contributed by atoms with Gasteiger partial charge in [0.15, 0.2) is 0 Å². The van der Waals surface area contributed by atoms with Gasteiger partial charge in [0.05, 0.1) is 10.6 Å². The number of rotatable bonds is 4. The fourth-order valence-corrected chi connectivity index (χ4v) is 4.08. The second-order valence-corrected chi connectivity index (χ2v) is 9.59. The predicted molar refractivity (Wildman–Crippen MR) is 114 cm³/mol. The molecule has 6 nitrogen and oxygen atoms in total. The minimum atomic E-state index is -3.65. The van der Waals surface area contributed by atoms with Gasteiger partial charge in [-0.3, -0.25) is 9.12 Å². The highest BCUT2D eigenvalue weighted by Crippen LogP contribution is 2.25. The predicted octanol–water partition coefficient (Wildman–Crippen LogP) is 4.49. The lowest BCUT2D eigenvalue weighted by Crippen LogP contribution is -2.14. The smallest absolute Gasteiger partial charge is 0.261 e. The van der Waals surface area contributed by atoms with E-state index in [0.717, 1.165) is 16.8 Å². The van der Waals surface area contributed by atoms with Gasteiger partial charge >= 0.3 is 0 Å². The number of hydrogen-bond acceptors (Lipinski definition) is 4. The van der Waals surface area contributed by atoms with Crippen LogP contribution >= 0.6 is 0 Å². The van der Waals surface area contributed by atoms with Crippen LogP contribution in [0.1, 0.15) is 26.3 Å². The Kier molecular flexibility index (Phi) is 4.62. The van der Waals surface area contributed by atoms with Crippen molar-refractivity contribution in [2.75, 3.05) is 4.72 Å². The van der Waals surface area contributed by atoms with Crippen LogP contribution in [0.4, 0.5) is 5.69 Å². The minimum Gasteiger partial charge on any atom is -0.291 e. The van der Waals surface area contributed by atoms with Gasteiger partial charge in [-0.15, -0.1) is 0 Å². The summed E-state index contributed by atoms with van der Waals surface area (Å²) in [5, 5.41) is 0. The van der Waals surface area contributed by atoms with E-state index in [2.05, 4.69) is 35.5 Å². The topological polar surface area (TPSA) is 76.4 Å². The molecule has 4 aromatic rings. The molecule has 0 spiro atoms. The molecule has 4 rings (SSSR count). The van der Waals surface area contributed by atoms with Gasteiger partial charge in [-0.05, 0) is 41.3 Å². The number of anilines is 1. The van der Waals surface area contributed by atoms with Crippen molar-refractivity contribution in [1.82, 2.24) is 14.4 Å². The molecular weight excluding hydrogens is 384 g/mol. The normalized spacial score (nSPS) is 12.2. The molecular formula is C22H22N4O2S. The van der Waals surface area contributed by atoms with Gasteiger partial charge in [-0.2, -0.15) is 0 Å². The van der Waals surface area contributed by atoms with Gasteiger partial charge in [0.2, 0.25) is 5.78 Å². The first-order valence-corrected chi connectivity index (χ1v) is 10.7. The maximum atomic E-state index is 12.7. The molecule has 0 saturated heterocycles. The summed E-state index contributed by atoms with van der Waals surface area (Å²) in [7, 11) is -3.65. The Balaban J connectivity index is 1.54. The van der Waals surface area contributed by atoms with Crippen LogP contribution in [-0.2, 0) is 15.4 Å². The molecule has 0 aliphatic rings. The van der Waals surface area contributed by atoms with E-state index in [9.17, 15) is 8.42 Å². The van der Waals surface area contributed by atoms with E-state index < -0.39 is 10.0 Å². The molecule has 1 N–H and O–H groups in total. The van der Waals surface area contributed by atoms with E-state index >= 15 is 0 Å². The lowest BCUT2D eigenvalue weighted by molar-refractivity contribution is 0.587. The quantitative estimate of drug-likeness (QED) is 0.542. The largest absolute Gasteiger partial charge is 0.291 e. The molecule has 0 fully saturated rings. The van der Waals surface area contributed by atoms with Crippen molar-refractivity contribution in [2.24, 2.45) is 0 Å². The summed E-state index contributed by atoms with van der Waals surface area (Å²) in [6.07, 6.45) is 5.46. The molecule has 0 aliphatic carbocycles. The van der Waals surface area contributed by atoms with Gasteiger partial charge in [0, 0.05) is 29.8 Å². The van der Waals surface area contributed by atoms with Crippen LogP contribution in [0.15, 0.2) is 78.1 Å². The number of fused-ring (bicyclic) bond motifs is 1. The first-order chi connectivity index (χ1) is 13.7. The Bertz CT molecular complexity index is 1220. The number of imidazole rings is 1. The molecule has 0 radical (unpaired) electrons. The van der Waals surface area contributed by atoms with E-state index in [-0.39, 0.29) is 10.3 Å². The van der Waals surface area contributed by atoms with E-state index in [1.54, 1.807) is 30.5 Å². The summed E-state index contributed by atoms with van der Waals surface area (Å²) in [6.45, 7) is 6.28. The average molecular weight is 407 g/mol. The van der Waals surface area contributed by atoms with Crippen molar-refractivity contribution < 1.29 is 8.42 Å². The van der Waals surface area contributed by atoms with Crippen molar-refractivity contribution in [2.45, 2.75) is 31.1 Å². The third-order valence-electron chi connectivity index (χ3n) is 4.70. The van der Waals surface area contributed by atoms with Gasteiger partial charge in [0.1, 0.15) is 0 Å². The monoisotopic (exact) mass is 406 g/mol. The Hall–Kier alpha value is -3.19. The van der Waals surface area contributed by atoms with E-state index in [1.807, 2.05) is 47.1 Å². The molecule has 0 amide bonds. The van der Waals surface area contributed by atoms with Crippen LogP contribution in [0.25, 0.3) is 17.0 Å². The fourth-order valence-electron chi connectivity index (χ4n) is 3.03. The Labute approximate surface area is 170 Å². The Morgan fingerprint density at radius 1 is 0.966 bits per heavy atom. The summed E-state index contributed by atoms with van der Waals surface area (Å²) in [5.41, 5.74) is 3.21. The molecule has 0 atom stereocenters. The molecule has 0 bridgehead atoms. The maximum absolute atomic E-state index is 12.7. The summed E-state index contributed by atoms with van der Waals surface area (Å²) < 4.78 is 29.9.